The fraction of sp³-hybridized carbons (Fsp3) is 0.292. The Labute approximate surface area is 181 Å². The summed E-state index contributed by atoms with van der Waals surface area (Å²) < 4.78 is 0. The summed E-state index contributed by atoms with van der Waals surface area (Å²) in [6.45, 7) is 9.78. The van der Waals surface area contributed by atoms with Crippen molar-refractivity contribution in [1.82, 2.24) is 10.3 Å². The Morgan fingerprint density at radius 1 is 1.00 bits per heavy atom. The maximum atomic E-state index is 12.6. The summed E-state index contributed by atoms with van der Waals surface area (Å²) in [6.07, 6.45) is 0.981. The van der Waals surface area contributed by atoms with Gasteiger partial charge >= 0.3 is 0 Å². The fourth-order valence-electron chi connectivity index (χ4n) is 3.42. The predicted molar refractivity (Wildman–Crippen MR) is 123 cm³/mol. The summed E-state index contributed by atoms with van der Waals surface area (Å²) in [6, 6.07) is 12.3. The van der Waals surface area contributed by atoms with Crippen LogP contribution in [0.2, 0.25) is 0 Å². The van der Waals surface area contributed by atoms with E-state index in [-0.39, 0.29) is 18.4 Å². The third kappa shape index (κ3) is 4.94. The van der Waals surface area contributed by atoms with Crippen molar-refractivity contribution in [2.45, 2.75) is 41.0 Å². The topological polar surface area (TPSA) is 71.1 Å². The van der Waals surface area contributed by atoms with E-state index in [0.717, 1.165) is 39.4 Å². The smallest absolute Gasteiger partial charge is 0.263 e. The molecule has 3 aromatic rings. The third-order valence-electron chi connectivity index (χ3n) is 4.96. The predicted octanol–water partition coefficient (Wildman–Crippen LogP) is 4.97. The molecule has 0 unspecified atom stereocenters. The average Bonchev–Trinajstić information content (AvgIpc) is 3.10. The van der Waals surface area contributed by atoms with Crippen LogP contribution < -0.4 is 10.6 Å². The number of benzene rings is 2. The maximum absolute atomic E-state index is 12.6. The van der Waals surface area contributed by atoms with Gasteiger partial charge in [0.05, 0.1) is 12.2 Å². The molecule has 0 aliphatic rings. The molecule has 30 heavy (non-hydrogen) atoms. The van der Waals surface area contributed by atoms with Crippen molar-refractivity contribution in [2.24, 2.45) is 0 Å². The summed E-state index contributed by atoms with van der Waals surface area (Å²) in [5.74, 6) is -0.537. The highest BCUT2D eigenvalue weighted by Crippen LogP contribution is 2.28. The molecule has 0 radical (unpaired) electrons. The summed E-state index contributed by atoms with van der Waals surface area (Å²) in [5, 5.41) is 6.42. The normalized spacial score (nSPS) is 10.7. The standard InChI is InChI=1S/C24H27N3O2S/c1-6-18-7-9-19(10-8-18)24-26-17(5)22(30-24)23(29)25-13-20(28)27-21-15(3)11-14(2)12-16(21)4/h7-12H,6,13H2,1-5H3,(H,25,29)(H,27,28). The van der Waals surface area contributed by atoms with E-state index < -0.39 is 0 Å². The van der Waals surface area contributed by atoms with E-state index in [9.17, 15) is 9.59 Å². The van der Waals surface area contributed by atoms with Gasteiger partial charge in [0.25, 0.3) is 5.91 Å². The molecular weight excluding hydrogens is 394 g/mol. The molecule has 0 saturated carbocycles. The number of carbonyl (C=O) groups excluding carboxylic acids is 2. The molecule has 156 valence electrons. The van der Waals surface area contributed by atoms with Crippen LogP contribution in [0.4, 0.5) is 5.69 Å². The van der Waals surface area contributed by atoms with Crippen molar-refractivity contribution < 1.29 is 9.59 Å². The van der Waals surface area contributed by atoms with Crippen molar-refractivity contribution in [1.29, 1.82) is 0 Å². The molecule has 2 N–H and O–H groups in total. The number of carbonyl (C=O) groups is 2. The Kier molecular flexibility index (Phi) is 6.67. The van der Waals surface area contributed by atoms with Crippen LogP contribution >= 0.6 is 11.3 Å². The zero-order chi connectivity index (χ0) is 21.8. The summed E-state index contributed by atoms with van der Waals surface area (Å²) in [5.41, 5.74) is 6.87. The number of aromatic nitrogens is 1. The molecule has 0 atom stereocenters. The van der Waals surface area contributed by atoms with Gasteiger partial charge in [0.1, 0.15) is 9.88 Å². The van der Waals surface area contributed by atoms with Gasteiger partial charge in [-0.25, -0.2) is 4.98 Å². The lowest BCUT2D eigenvalue weighted by molar-refractivity contribution is -0.115. The third-order valence-corrected chi connectivity index (χ3v) is 6.17. The lowest BCUT2D eigenvalue weighted by atomic mass is 10.1. The number of nitrogens with one attached hydrogen (secondary N) is 2. The van der Waals surface area contributed by atoms with Gasteiger partial charge in [0, 0.05) is 11.3 Å². The molecule has 3 rings (SSSR count). The Morgan fingerprint density at radius 2 is 1.63 bits per heavy atom. The largest absolute Gasteiger partial charge is 0.342 e. The minimum absolute atomic E-state index is 0.0938. The molecular formula is C24H27N3O2S. The first-order valence-electron chi connectivity index (χ1n) is 10.0. The quantitative estimate of drug-likeness (QED) is 0.590. The van der Waals surface area contributed by atoms with Gasteiger partial charge in [0.2, 0.25) is 5.91 Å². The molecule has 0 spiro atoms. The van der Waals surface area contributed by atoms with E-state index in [4.69, 9.17) is 0 Å². The fourth-order valence-corrected chi connectivity index (χ4v) is 4.40. The minimum atomic E-state index is -0.283. The van der Waals surface area contributed by atoms with Gasteiger partial charge in [-0.3, -0.25) is 9.59 Å². The Morgan fingerprint density at radius 3 is 2.23 bits per heavy atom. The lowest BCUT2D eigenvalue weighted by Gasteiger charge is -2.13. The zero-order valence-corrected chi connectivity index (χ0v) is 18.9. The van der Waals surface area contributed by atoms with E-state index in [2.05, 4.69) is 34.7 Å². The average molecular weight is 422 g/mol. The van der Waals surface area contributed by atoms with Crippen LogP contribution in [0.25, 0.3) is 10.6 Å². The van der Waals surface area contributed by atoms with Crippen molar-refractivity contribution in [2.75, 3.05) is 11.9 Å². The Hall–Kier alpha value is -2.99. The Balaban J connectivity index is 1.65. The van der Waals surface area contributed by atoms with Crippen LogP contribution in [0.5, 0.6) is 0 Å². The number of hydrogen-bond acceptors (Lipinski definition) is 4. The number of hydrogen-bond donors (Lipinski definition) is 2. The van der Waals surface area contributed by atoms with Crippen LogP contribution in [0, 0.1) is 27.7 Å². The molecule has 0 saturated heterocycles. The second-order valence-electron chi connectivity index (χ2n) is 7.49. The van der Waals surface area contributed by atoms with E-state index in [1.165, 1.54) is 16.9 Å². The van der Waals surface area contributed by atoms with Crippen LogP contribution in [0.15, 0.2) is 36.4 Å². The monoisotopic (exact) mass is 421 g/mol. The van der Waals surface area contributed by atoms with Crippen molar-refractivity contribution in [3.8, 4) is 10.6 Å². The highest BCUT2D eigenvalue weighted by Gasteiger charge is 2.17. The van der Waals surface area contributed by atoms with E-state index >= 15 is 0 Å². The molecule has 1 heterocycles. The zero-order valence-electron chi connectivity index (χ0n) is 18.1. The highest BCUT2D eigenvalue weighted by atomic mass is 32.1. The summed E-state index contributed by atoms with van der Waals surface area (Å²) in [7, 11) is 0. The lowest BCUT2D eigenvalue weighted by Crippen LogP contribution is -2.33. The van der Waals surface area contributed by atoms with Gasteiger partial charge < -0.3 is 10.6 Å². The van der Waals surface area contributed by atoms with Gasteiger partial charge in [0.15, 0.2) is 0 Å². The van der Waals surface area contributed by atoms with Crippen molar-refractivity contribution >= 4 is 28.8 Å². The van der Waals surface area contributed by atoms with Gasteiger partial charge in [-0.05, 0) is 50.8 Å². The van der Waals surface area contributed by atoms with Crippen LogP contribution in [-0.4, -0.2) is 23.3 Å². The van der Waals surface area contributed by atoms with E-state index in [0.29, 0.717) is 10.6 Å². The maximum Gasteiger partial charge on any atom is 0.263 e. The van der Waals surface area contributed by atoms with Crippen molar-refractivity contribution in [3.63, 3.8) is 0 Å². The molecule has 5 nitrogen and oxygen atoms in total. The summed E-state index contributed by atoms with van der Waals surface area (Å²) in [4.78, 5) is 30.1. The first kappa shape index (κ1) is 21.7. The Bertz CT molecular complexity index is 1060. The number of thiazole rings is 1. The molecule has 0 fully saturated rings. The molecule has 0 bridgehead atoms. The second-order valence-corrected chi connectivity index (χ2v) is 8.49. The molecule has 2 aromatic carbocycles. The molecule has 0 aliphatic heterocycles. The molecule has 0 aliphatic carbocycles. The van der Waals surface area contributed by atoms with Crippen LogP contribution in [0.3, 0.4) is 0 Å². The van der Waals surface area contributed by atoms with Gasteiger partial charge in [-0.2, -0.15) is 0 Å². The second kappa shape index (κ2) is 9.22. The van der Waals surface area contributed by atoms with E-state index in [1.54, 1.807) is 0 Å². The van der Waals surface area contributed by atoms with Crippen LogP contribution in [-0.2, 0) is 11.2 Å². The minimum Gasteiger partial charge on any atom is -0.342 e. The van der Waals surface area contributed by atoms with Crippen LogP contribution in [0.1, 0.15) is 44.5 Å². The number of aryl methyl sites for hydroxylation is 5. The number of nitrogens with zero attached hydrogens (tertiary/aromatic N) is 1. The van der Waals surface area contributed by atoms with Gasteiger partial charge in [-0.1, -0.05) is 48.9 Å². The highest BCUT2D eigenvalue weighted by molar-refractivity contribution is 7.17. The SMILES string of the molecule is CCc1ccc(-c2nc(C)c(C(=O)NCC(=O)Nc3c(C)cc(C)cc3C)s2)cc1. The van der Waals surface area contributed by atoms with Gasteiger partial charge in [-0.15, -0.1) is 11.3 Å². The number of rotatable bonds is 6. The molecule has 1 aromatic heterocycles. The van der Waals surface area contributed by atoms with Crippen molar-refractivity contribution in [3.05, 3.63) is 69.2 Å². The van der Waals surface area contributed by atoms with E-state index in [1.807, 2.05) is 52.0 Å². The number of anilines is 1. The summed E-state index contributed by atoms with van der Waals surface area (Å²) >= 11 is 1.34. The molecule has 2 amide bonds. The first-order valence-corrected chi connectivity index (χ1v) is 10.8. The molecule has 6 heteroatoms. The first-order chi connectivity index (χ1) is 14.3. The number of amides is 2.